The number of anilines is 1. The third kappa shape index (κ3) is 2.82. The van der Waals surface area contributed by atoms with Crippen molar-refractivity contribution < 1.29 is 0 Å². The molecule has 0 aliphatic rings. The third-order valence-electron chi connectivity index (χ3n) is 3.53. The first-order valence-corrected chi connectivity index (χ1v) is 7.25. The molecule has 2 aromatic rings. The predicted octanol–water partition coefficient (Wildman–Crippen LogP) is 4.06. The van der Waals surface area contributed by atoms with Gasteiger partial charge in [0.25, 0.3) is 0 Å². The summed E-state index contributed by atoms with van der Waals surface area (Å²) in [6, 6.07) is 6.40. The van der Waals surface area contributed by atoms with Gasteiger partial charge in [-0.25, -0.2) is 9.97 Å². The summed E-state index contributed by atoms with van der Waals surface area (Å²) in [5.74, 6) is 1.78. The molecular formula is C17H23N3. The number of hydrogen-bond donors (Lipinski definition) is 1. The molecule has 0 radical (unpaired) electrons. The Morgan fingerprint density at radius 2 is 1.80 bits per heavy atom. The maximum Gasteiger partial charge on any atom is 0.162 e. The quantitative estimate of drug-likeness (QED) is 0.909. The van der Waals surface area contributed by atoms with Crippen LogP contribution >= 0.6 is 0 Å². The molecule has 1 aromatic carbocycles. The summed E-state index contributed by atoms with van der Waals surface area (Å²) in [4.78, 5) is 9.43. The van der Waals surface area contributed by atoms with E-state index < -0.39 is 0 Å². The van der Waals surface area contributed by atoms with Gasteiger partial charge in [0.05, 0.1) is 0 Å². The lowest BCUT2D eigenvalue weighted by molar-refractivity contribution is 0.988. The van der Waals surface area contributed by atoms with E-state index in [2.05, 4.69) is 58.1 Å². The van der Waals surface area contributed by atoms with Crippen molar-refractivity contribution in [2.45, 2.75) is 41.0 Å². The van der Waals surface area contributed by atoms with Crippen LogP contribution in [-0.4, -0.2) is 16.5 Å². The highest BCUT2D eigenvalue weighted by molar-refractivity contribution is 5.63. The average Bonchev–Trinajstić information content (AvgIpc) is 2.38. The molecule has 1 N–H and O–H groups in total. The SMILES string of the molecule is CCNc1nc(-c2ccc(C)cc2C)nc(C)c1CC. The molecule has 0 atom stereocenters. The fraction of sp³-hybridized carbons (Fsp3) is 0.412. The monoisotopic (exact) mass is 269 g/mol. The van der Waals surface area contributed by atoms with E-state index in [9.17, 15) is 0 Å². The molecular weight excluding hydrogens is 246 g/mol. The van der Waals surface area contributed by atoms with E-state index in [0.717, 1.165) is 35.9 Å². The number of nitrogens with zero attached hydrogens (tertiary/aromatic N) is 2. The Morgan fingerprint density at radius 3 is 2.40 bits per heavy atom. The number of rotatable bonds is 4. The lowest BCUT2D eigenvalue weighted by Gasteiger charge is -2.14. The first-order chi connectivity index (χ1) is 9.56. The molecule has 2 rings (SSSR count). The van der Waals surface area contributed by atoms with E-state index in [1.807, 2.05) is 0 Å². The number of aryl methyl sites for hydroxylation is 3. The molecule has 0 aliphatic carbocycles. The van der Waals surface area contributed by atoms with Gasteiger partial charge in [0.2, 0.25) is 0 Å². The lowest BCUT2D eigenvalue weighted by Crippen LogP contribution is -2.08. The molecule has 20 heavy (non-hydrogen) atoms. The van der Waals surface area contributed by atoms with Gasteiger partial charge in [-0.05, 0) is 39.7 Å². The summed E-state index contributed by atoms with van der Waals surface area (Å²) in [5, 5.41) is 3.36. The summed E-state index contributed by atoms with van der Waals surface area (Å²) in [5.41, 5.74) is 5.87. The van der Waals surface area contributed by atoms with Crippen molar-refractivity contribution in [2.24, 2.45) is 0 Å². The van der Waals surface area contributed by atoms with Crippen molar-refractivity contribution >= 4 is 5.82 Å². The van der Waals surface area contributed by atoms with Gasteiger partial charge in [0.1, 0.15) is 5.82 Å². The zero-order valence-corrected chi connectivity index (χ0v) is 13.0. The Kier molecular flexibility index (Phi) is 4.38. The summed E-state index contributed by atoms with van der Waals surface area (Å²) in [6.45, 7) is 11.4. The summed E-state index contributed by atoms with van der Waals surface area (Å²) in [7, 11) is 0. The molecule has 3 nitrogen and oxygen atoms in total. The second kappa shape index (κ2) is 6.04. The topological polar surface area (TPSA) is 37.8 Å². The van der Waals surface area contributed by atoms with Crippen LogP contribution in [0.4, 0.5) is 5.82 Å². The first kappa shape index (κ1) is 14.5. The standard InChI is InChI=1S/C17H23N3/c1-6-14-13(5)19-17(20-16(14)18-7-2)15-9-8-11(3)10-12(15)4/h8-10H,6-7H2,1-5H3,(H,18,19,20). The lowest BCUT2D eigenvalue weighted by atomic mass is 10.0. The van der Waals surface area contributed by atoms with Crippen LogP contribution < -0.4 is 5.32 Å². The van der Waals surface area contributed by atoms with Crippen LogP contribution in [0.15, 0.2) is 18.2 Å². The van der Waals surface area contributed by atoms with Crippen LogP contribution in [0.5, 0.6) is 0 Å². The molecule has 0 saturated heterocycles. The minimum absolute atomic E-state index is 0.813. The van der Waals surface area contributed by atoms with E-state index in [0.29, 0.717) is 0 Å². The summed E-state index contributed by atoms with van der Waals surface area (Å²) >= 11 is 0. The van der Waals surface area contributed by atoms with Crippen LogP contribution in [0.3, 0.4) is 0 Å². The second-order valence-corrected chi connectivity index (χ2v) is 5.16. The Morgan fingerprint density at radius 1 is 1.05 bits per heavy atom. The number of benzene rings is 1. The fourth-order valence-electron chi connectivity index (χ4n) is 2.52. The molecule has 0 bridgehead atoms. The molecule has 0 aliphatic heterocycles. The normalized spacial score (nSPS) is 10.7. The minimum atomic E-state index is 0.813. The van der Waals surface area contributed by atoms with Gasteiger partial charge in [-0.3, -0.25) is 0 Å². The van der Waals surface area contributed by atoms with E-state index in [1.54, 1.807) is 0 Å². The van der Waals surface area contributed by atoms with Crippen LogP contribution in [-0.2, 0) is 6.42 Å². The molecule has 0 fully saturated rings. The van der Waals surface area contributed by atoms with Gasteiger partial charge in [0, 0.05) is 23.4 Å². The fourth-order valence-corrected chi connectivity index (χ4v) is 2.52. The van der Waals surface area contributed by atoms with Crippen molar-refractivity contribution in [3.63, 3.8) is 0 Å². The molecule has 1 aromatic heterocycles. The van der Waals surface area contributed by atoms with Crippen LogP contribution in [0.25, 0.3) is 11.4 Å². The smallest absolute Gasteiger partial charge is 0.162 e. The Balaban J connectivity index is 2.57. The van der Waals surface area contributed by atoms with Crippen molar-refractivity contribution in [2.75, 3.05) is 11.9 Å². The van der Waals surface area contributed by atoms with Crippen molar-refractivity contribution in [3.8, 4) is 11.4 Å². The van der Waals surface area contributed by atoms with Crippen molar-refractivity contribution in [1.82, 2.24) is 9.97 Å². The van der Waals surface area contributed by atoms with Gasteiger partial charge in [-0.2, -0.15) is 0 Å². The number of hydrogen-bond acceptors (Lipinski definition) is 3. The molecule has 0 saturated carbocycles. The van der Waals surface area contributed by atoms with Gasteiger partial charge in [-0.1, -0.05) is 30.7 Å². The molecule has 1 heterocycles. The number of nitrogens with one attached hydrogen (secondary N) is 1. The Bertz CT molecular complexity index is 618. The molecule has 0 spiro atoms. The average molecular weight is 269 g/mol. The zero-order chi connectivity index (χ0) is 14.7. The summed E-state index contributed by atoms with van der Waals surface area (Å²) < 4.78 is 0. The molecule has 3 heteroatoms. The molecule has 0 amide bonds. The Labute approximate surface area is 121 Å². The van der Waals surface area contributed by atoms with Gasteiger partial charge >= 0.3 is 0 Å². The van der Waals surface area contributed by atoms with E-state index in [1.165, 1.54) is 16.7 Å². The largest absolute Gasteiger partial charge is 0.370 e. The summed E-state index contributed by atoms with van der Waals surface area (Å²) in [6.07, 6.45) is 0.946. The van der Waals surface area contributed by atoms with E-state index >= 15 is 0 Å². The van der Waals surface area contributed by atoms with Crippen molar-refractivity contribution in [1.29, 1.82) is 0 Å². The Hall–Kier alpha value is -1.90. The van der Waals surface area contributed by atoms with E-state index in [-0.39, 0.29) is 0 Å². The number of aromatic nitrogens is 2. The van der Waals surface area contributed by atoms with Gasteiger partial charge in [0.15, 0.2) is 5.82 Å². The molecule has 0 unspecified atom stereocenters. The zero-order valence-electron chi connectivity index (χ0n) is 13.0. The van der Waals surface area contributed by atoms with E-state index in [4.69, 9.17) is 9.97 Å². The predicted molar refractivity (Wildman–Crippen MR) is 85.2 cm³/mol. The van der Waals surface area contributed by atoms with Gasteiger partial charge < -0.3 is 5.32 Å². The highest BCUT2D eigenvalue weighted by Gasteiger charge is 2.12. The van der Waals surface area contributed by atoms with Crippen LogP contribution in [0, 0.1) is 20.8 Å². The van der Waals surface area contributed by atoms with Gasteiger partial charge in [-0.15, -0.1) is 0 Å². The van der Waals surface area contributed by atoms with Crippen LogP contribution in [0.2, 0.25) is 0 Å². The minimum Gasteiger partial charge on any atom is -0.370 e. The van der Waals surface area contributed by atoms with Crippen LogP contribution in [0.1, 0.15) is 36.2 Å². The third-order valence-corrected chi connectivity index (χ3v) is 3.53. The second-order valence-electron chi connectivity index (χ2n) is 5.16. The highest BCUT2D eigenvalue weighted by atomic mass is 15.0. The highest BCUT2D eigenvalue weighted by Crippen LogP contribution is 2.25. The maximum absolute atomic E-state index is 4.73. The maximum atomic E-state index is 4.73. The first-order valence-electron chi connectivity index (χ1n) is 7.25. The molecule has 106 valence electrons. The van der Waals surface area contributed by atoms with Crippen molar-refractivity contribution in [3.05, 3.63) is 40.6 Å².